The largest absolute Gasteiger partial charge is 0.300 e. The lowest BCUT2D eigenvalue weighted by atomic mass is 9.86. The maximum Gasteiger partial charge on any atom is 0.137 e. The minimum Gasteiger partial charge on any atom is -0.300 e. The molecule has 28 heavy (non-hydrogen) atoms. The van der Waals surface area contributed by atoms with Gasteiger partial charge in [0.25, 0.3) is 0 Å². The molecule has 152 valence electrons. The zero-order valence-electron chi connectivity index (χ0n) is 17.8. The molecule has 0 aromatic heterocycles. The summed E-state index contributed by atoms with van der Waals surface area (Å²) in [5.41, 5.74) is 1.39. The molecule has 0 bridgehead atoms. The first-order chi connectivity index (χ1) is 13.5. The van der Waals surface area contributed by atoms with Crippen LogP contribution >= 0.6 is 0 Å². The van der Waals surface area contributed by atoms with Crippen molar-refractivity contribution in [3.8, 4) is 0 Å². The number of rotatable bonds is 11. The normalized spacial score (nSPS) is 23.7. The van der Waals surface area contributed by atoms with Crippen molar-refractivity contribution in [2.45, 2.75) is 65.7 Å². The maximum atomic E-state index is 12.4. The third kappa shape index (κ3) is 7.58. The number of carbonyl (C=O) groups is 2. The Balaban J connectivity index is 1.82. The number of carbonyl (C=O) groups excluding carboxylic acids is 2. The molecule has 1 aromatic carbocycles. The van der Waals surface area contributed by atoms with Gasteiger partial charge in [0, 0.05) is 18.8 Å². The Morgan fingerprint density at radius 1 is 1.21 bits per heavy atom. The number of ketones is 2. The summed E-state index contributed by atoms with van der Waals surface area (Å²) in [7, 11) is 0. The number of benzene rings is 1. The molecule has 0 heterocycles. The Morgan fingerprint density at radius 2 is 1.96 bits per heavy atom. The second-order valence-electron chi connectivity index (χ2n) is 8.52. The topological polar surface area (TPSA) is 34.1 Å². The molecule has 1 saturated carbocycles. The lowest BCUT2D eigenvalue weighted by Crippen LogP contribution is -2.14. The molecule has 2 heteroatoms. The van der Waals surface area contributed by atoms with Crippen molar-refractivity contribution < 1.29 is 9.59 Å². The standard InChI is InChI=1S/C26H36O2/c1-20(15-17-23-12-8-6-9-13-23)16-18-24-21(2)19-26(28)25(24)14-10-5-4-7-11-22(3)27/h5-6,8-10,12-13,16,18,20-21,24-25H,4,7,11,14-15,17,19H2,1-3H3. The summed E-state index contributed by atoms with van der Waals surface area (Å²) >= 11 is 0. The van der Waals surface area contributed by atoms with Gasteiger partial charge in [-0.3, -0.25) is 4.79 Å². The molecule has 1 aliphatic carbocycles. The summed E-state index contributed by atoms with van der Waals surface area (Å²) in [6, 6.07) is 10.6. The van der Waals surface area contributed by atoms with E-state index in [4.69, 9.17) is 0 Å². The second kappa shape index (κ2) is 11.8. The Morgan fingerprint density at radius 3 is 2.68 bits per heavy atom. The highest BCUT2D eigenvalue weighted by atomic mass is 16.1. The van der Waals surface area contributed by atoms with Gasteiger partial charge in [0.05, 0.1) is 0 Å². The van der Waals surface area contributed by atoms with Crippen molar-refractivity contribution in [3.63, 3.8) is 0 Å². The molecule has 1 fully saturated rings. The van der Waals surface area contributed by atoms with Crippen molar-refractivity contribution in [2.75, 3.05) is 0 Å². The van der Waals surface area contributed by atoms with Crippen LogP contribution in [0.4, 0.5) is 0 Å². The van der Waals surface area contributed by atoms with Crippen LogP contribution in [-0.2, 0) is 16.0 Å². The number of allylic oxidation sites excluding steroid dienone is 4. The highest BCUT2D eigenvalue weighted by Gasteiger charge is 2.37. The van der Waals surface area contributed by atoms with Crippen LogP contribution < -0.4 is 0 Å². The molecule has 4 unspecified atom stereocenters. The molecule has 1 aromatic rings. The third-order valence-electron chi connectivity index (χ3n) is 5.91. The number of aryl methyl sites for hydroxylation is 1. The van der Waals surface area contributed by atoms with E-state index in [0.29, 0.717) is 36.4 Å². The van der Waals surface area contributed by atoms with Gasteiger partial charge in [0.2, 0.25) is 0 Å². The van der Waals surface area contributed by atoms with E-state index in [0.717, 1.165) is 32.1 Å². The fourth-order valence-electron chi connectivity index (χ4n) is 4.11. The van der Waals surface area contributed by atoms with Crippen LogP contribution in [0, 0.1) is 23.7 Å². The van der Waals surface area contributed by atoms with E-state index in [1.807, 2.05) is 0 Å². The highest BCUT2D eigenvalue weighted by Crippen LogP contribution is 2.37. The van der Waals surface area contributed by atoms with Gasteiger partial charge in [-0.05, 0) is 62.3 Å². The molecule has 2 rings (SSSR count). The van der Waals surface area contributed by atoms with Gasteiger partial charge in [-0.1, -0.05) is 68.5 Å². The first-order valence-electron chi connectivity index (χ1n) is 10.9. The number of Topliss-reactive ketones (excluding diaryl/α,β-unsaturated/α-hetero) is 2. The van der Waals surface area contributed by atoms with E-state index in [1.165, 1.54) is 5.56 Å². The van der Waals surface area contributed by atoms with Crippen LogP contribution in [0.3, 0.4) is 0 Å². The molecule has 1 aliphatic rings. The minimum absolute atomic E-state index is 0.122. The van der Waals surface area contributed by atoms with Crippen LogP contribution in [0.25, 0.3) is 0 Å². The lowest BCUT2D eigenvalue weighted by Gasteiger charge is -2.17. The molecule has 0 amide bonds. The molecule has 2 nitrogen and oxygen atoms in total. The summed E-state index contributed by atoms with van der Waals surface area (Å²) < 4.78 is 0. The molecule has 0 N–H and O–H groups in total. The SMILES string of the molecule is CC(=O)CCCC=CCC1C(=O)CC(C)C1C=CC(C)CCc1ccccc1. The predicted molar refractivity (Wildman–Crippen MR) is 117 cm³/mol. The Kier molecular flexibility index (Phi) is 9.40. The van der Waals surface area contributed by atoms with Gasteiger partial charge >= 0.3 is 0 Å². The van der Waals surface area contributed by atoms with Crippen LogP contribution in [0.2, 0.25) is 0 Å². The van der Waals surface area contributed by atoms with Crippen LogP contribution in [0.1, 0.15) is 64.9 Å². The number of hydrogen-bond donors (Lipinski definition) is 0. The van der Waals surface area contributed by atoms with E-state index in [2.05, 4.69) is 68.5 Å². The first-order valence-corrected chi connectivity index (χ1v) is 10.9. The molecule has 0 aliphatic heterocycles. The van der Waals surface area contributed by atoms with Crippen molar-refractivity contribution in [1.29, 1.82) is 0 Å². The average molecular weight is 381 g/mol. The van der Waals surface area contributed by atoms with Crippen LogP contribution in [-0.4, -0.2) is 11.6 Å². The Labute approximate surface area is 171 Å². The third-order valence-corrected chi connectivity index (χ3v) is 5.91. The summed E-state index contributed by atoms with van der Waals surface area (Å²) in [6.07, 6.45) is 15.2. The Bertz CT molecular complexity index is 671. The summed E-state index contributed by atoms with van der Waals surface area (Å²) in [6.45, 7) is 6.11. The lowest BCUT2D eigenvalue weighted by molar-refractivity contribution is -0.121. The van der Waals surface area contributed by atoms with E-state index in [-0.39, 0.29) is 11.7 Å². The fourth-order valence-corrected chi connectivity index (χ4v) is 4.11. The van der Waals surface area contributed by atoms with Crippen molar-refractivity contribution in [3.05, 3.63) is 60.2 Å². The summed E-state index contributed by atoms with van der Waals surface area (Å²) in [5.74, 6) is 2.09. The van der Waals surface area contributed by atoms with E-state index < -0.39 is 0 Å². The quantitative estimate of drug-likeness (QED) is 0.331. The molecule has 4 atom stereocenters. The van der Waals surface area contributed by atoms with Crippen molar-refractivity contribution in [1.82, 2.24) is 0 Å². The predicted octanol–water partition coefficient (Wildman–Crippen LogP) is 6.36. The van der Waals surface area contributed by atoms with E-state index >= 15 is 0 Å². The number of hydrogen-bond acceptors (Lipinski definition) is 2. The number of unbranched alkanes of at least 4 members (excludes halogenated alkanes) is 1. The van der Waals surface area contributed by atoms with Gasteiger partial charge in [-0.2, -0.15) is 0 Å². The minimum atomic E-state index is 0.122. The fraction of sp³-hybridized carbons (Fsp3) is 0.538. The highest BCUT2D eigenvalue weighted by molar-refractivity contribution is 5.84. The zero-order valence-corrected chi connectivity index (χ0v) is 17.8. The Hall–Kier alpha value is -1.96. The van der Waals surface area contributed by atoms with Crippen LogP contribution in [0.15, 0.2) is 54.6 Å². The van der Waals surface area contributed by atoms with Gasteiger partial charge in [0.15, 0.2) is 0 Å². The average Bonchev–Trinajstić information content (AvgIpc) is 2.94. The van der Waals surface area contributed by atoms with Gasteiger partial charge < -0.3 is 4.79 Å². The molecule has 0 saturated heterocycles. The summed E-state index contributed by atoms with van der Waals surface area (Å²) in [4.78, 5) is 23.4. The van der Waals surface area contributed by atoms with Gasteiger partial charge in [0.1, 0.15) is 11.6 Å². The van der Waals surface area contributed by atoms with Gasteiger partial charge in [-0.25, -0.2) is 0 Å². The van der Waals surface area contributed by atoms with Crippen molar-refractivity contribution in [2.24, 2.45) is 23.7 Å². The van der Waals surface area contributed by atoms with Gasteiger partial charge in [-0.15, -0.1) is 0 Å². The summed E-state index contributed by atoms with van der Waals surface area (Å²) in [5, 5.41) is 0. The molecule has 0 spiro atoms. The molecular formula is C26H36O2. The smallest absolute Gasteiger partial charge is 0.137 e. The first kappa shape index (κ1) is 22.3. The molecule has 0 radical (unpaired) electrons. The second-order valence-corrected chi connectivity index (χ2v) is 8.52. The maximum absolute atomic E-state index is 12.4. The monoisotopic (exact) mass is 380 g/mol. The van der Waals surface area contributed by atoms with E-state index in [9.17, 15) is 9.59 Å². The van der Waals surface area contributed by atoms with Crippen molar-refractivity contribution >= 4 is 11.6 Å². The van der Waals surface area contributed by atoms with E-state index in [1.54, 1.807) is 6.92 Å². The zero-order chi connectivity index (χ0) is 20.4. The van der Waals surface area contributed by atoms with Crippen LogP contribution in [0.5, 0.6) is 0 Å². The molecular weight excluding hydrogens is 344 g/mol.